The number of aliphatic hydroxyl groups is 1. The van der Waals surface area contributed by atoms with E-state index in [1.54, 1.807) is 30.3 Å². The number of carbonyl (C=O) groups excluding carboxylic acids is 3. The summed E-state index contributed by atoms with van der Waals surface area (Å²) >= 11 is 5.85. The Hall–Kier alpha value is -3.93. The second kappa shape index (κ2) is 11.9. The molecule has 0 bridgehead atoms. The molecule has 1 fully saturated rings. The minimum absolute atomic E-state index is 0.0752. The molecule has 0 aliphatic carbocycles. The van der Waals surface area contributed by atoms with Crippen LogP contribution in [0.1, 0.15) is 39.3 Å². The van der Waals surface area contributed by atoms with Crippen molar-refractivity contribution in [1.29, 1.82) is 0 Å². The number of nitrogens with one attached hydrogen (secondary N) is 3. The predicted molar refractivity (Wildman–Crippen MR) is 139 cm³/mol. The van der Waals surface area contributed by atoms with Gasteiger partial charge in [0.05, 0.1) is 41.4 Å². The van der Waals surface area contributed by atoms with Crippen LogP contribution < -0.4 is 20.9 Å². The van der Waals surface area contributed by atoms with Gasteiger partial charge in [0.25, 0.3) is 11.8 Å². The summed E-state index contributed by atoms with van der Waals surface area (Å²) in [6.45, 7) is 2.35. The number of pyridine rings is 1. The molecule has 2 aromatic heterocycles. The molecule has 0 spiro atoms. The quantitative estimate of drug-likeness (QED) is 0.366. The van der Waals surface area contributed by atoms with Crippen LogP contribution in [0.3, 0.4) is 0 Å². The van der Waals surface area contributed by atoms with Crippen LogP contribution in [0.15, 0.2) is 48.9 Å². The first-order valence-electron chi connectivity index (χ1n) is 11.6. The Kier molecular flexibility index (Phi) is 8.39. The summed E-state index contributed by atoms with van der Waals surface area (Å²) in [5.41, 5.74) is 1.48. The predicted octanol–water partition coefficient (Wildman–Crippen LogP) is 2.42. The van der Waals surface area contributed by atoms with Crippen LogP contribution in [0.2, 0.25) is 5.02 Å². The summed E-state index contributed by atoms with van der Waals surface area (Å²) in [5, 5.41) is 18.1. The zero-order chi connectivity index (χ0) is 26.4. The molecule has 3 heterocycles. The third kappa shape index (κ3) is 6.64. The maximum absolute atomic E-state index is 12.9. The number of carbonyl (C=O) groups is 3. The minimum Gasteiger partial charge on any atom is -0.389 e. The van der Waals surface area contributed by atoms with E-state index in [0.717, 1.165) is 12.0 Å². The molecule has 1 unspecified atom stereocenters. The SMILES string of the molecule is Cc1ccc(NC(=O)c2cnc(N3CCCC(C(=O)CO)NC3)cn2)c(C(=O)Nc2ccc(Cl)cn2)c1. The normalized spacial score (nSPS) is 15.5. The molecule has 3 aromatic rings. The van der Waals surface area contributed by atoms with E-state index >= 15 is 0 Å². The van der Waals surface area contributed by atoms with Crippen molar-refractivity contribution < 1.29 is 19.5 Å². The molecule has 1 aliphatic rings. The molecule has 1 saturated heterocycles. The first-order chi connectivity index (χ1) is 17.8. The first-order valence-corrected chi connectivity index (χ1v) is 12.0. The lowest BCUT2D eigenvalue weighted by Gasteiger charge is -2.21. The van der Waals surface area contributed by atoms with Gasteiger partial charge in [-0.1, -0.05) is 23.2 Å². The topological polar surface area (TPSA) is 149 Å². The molecule has 11 nitrogen and oxygen atoms in total. The summed E-state index contributed by atoms with van der Waals surface area (Å²) < 4.78 is 0. The molecule has 0 radical (unpaired) electrons. The van der Waals surface area contributed by atoms with Crippen LogP contribution in [0.5, 0.6) is 0 Å². The molecule has 1 atom stereocenters. The number of Topliss-reactive ketones (excluding diaryl/α,β-unsaturated/α-hetero) is 1. The van der Waals surface area contributed by atoms with Gasteiger partial charge >= 0.3 is 0 Å². The van der Waals surface area contributed by atoms with Crippen molar-refractivity contribution in [2.75, 3.05) is 35.4 Å². The number of benzene rings is 1. The average Bonchev–Trinajstić information content (AvgIpc) is 3.17. The third-order valence-electron chi connectivity index (χ3n) is 5.83. The molecule has 2 amide bonds. The van der Waals surface area contributed by atoms with Crippen LogP contribution in [-0.4, -0.2) is 63.5 Å². The zero-order valence-corrected chi connectivity index (χ0v) is 20.8. The fourth-order valence-electron chi connectivity index (χ4n) is 3.84. The van der Waals surface area contributed by atoms with Gasteiger partial charge in [-0.3, -0.25) is 19.7 Å². The van der Waals surface area contributed by atoms with Gasteiger partial charge in [0.2, 0.25) is 0 Å². The number of ketones is 1. The summed E-state index contributed by atoms with van der Waals surface area (Å²) in [4.78, 5) is 52.2. The summed E-state index contributed by atoms with van der Waals surface area (Å²) in [5.74, 6) is -0.337. The Balaban J connectivity index is 1.44. The monoisotopic (exact) mass is 523 g/mol. The summed E-state index contributed by atoms with van der Waals surface area (Å²) in [7, 11) is 0. The highest BCUT2D eigenvalue weighted by molar-refractivity contribution is 6.30. The van der Waals surface area contributed by atoms with Crippen molar-refractivity contribution in [3.63, 3.8) is 0 Å². The van der Waals surface area contributed by atoms with Gasteiger partial charge < -0.3 is 20.6 Å². The van der Waals surface area contributed by atoms with E-state index in [4.69, 9.17) is 16.7 Å². The largest absolute Gasteiger partial charge is 0.389 e. The van der Waals surface area contributed by atoms with Crippen LogP contribution in [0, 0.1) is 6.92 Å². The highest BCUT2D eigenvalue weighted by Gasteiger charge is 2.23. The Morgan fingerprint density at radius 2 is 1.92 bits per heavy atom. The standard InChI is InChI=1S/C25H26ClN7O4/c1-15-4-6-18(17(9-15)24(36)32-22-7-5-16(26)10-28-22)31-25(37)20-11-29-23(12-27-20)33-8-2-3-19(30-14-33)21(35)13-34/h4-7,9-12,19,30,34H,2-3,8,13-14H2,1H3,(H,31,37)(H,28,32,36). The van der Waals surface area contributed by atoms with Crippen molar-refractivity contribution >= 4 is 46.5 Å². The van der Waals surface area contributed by atoms with Crippen molar-refractivity contribution in [2.24, 2.45) is 0 Å². The van der Waals surface area contributed by atoms with Crippen molar-refractivity contribution in [3.8, 4) is 0 Å². The van der Waals surface area contributed by atoms with E-state index in [2.05, 4.69) is 30.9 Å². The lowest BCUT2D eigenvalue weighted by atomic mass is 10.1. The van der Waals surface area contributed by atoms with E-state index in [9.17, 15) is 14.4 Å². The number of hydrogen-bond acceptors (Lipinski definition) is 9. The van der Waals surface area contributed by atoms with Crippen molar-refractivity contribution in [2.45, 2.75) is 25.8 Å². The van der Waals surface area contributed by atoms with Crippen LogP contribution >= 0.6 is 11.6 Å². The van der Waals surface area contributed by atoms with Gasteiger partial charge in [0, 0.05) is 12.7 Å². The Morgan fingerprint density at radius 3 is 2.62 bits per heavy atom. The molecule has 37 heavy (non-hydrogen) atoms. The Morgan fingerprint density at radius 1 is 1.08 bits per heavy atom. The zero-order valence-electron chi connectivity index (χ0n) is 20.1. The van der Waals surface area contributed by atoms with E-state index in [0.29, 0.717) is 42.0 Å². The second-order valence-corrected chi connectivity index (χ2v) is 8.96. The summed E-state index contributed by atoms with van der Waals surface area (Å²) in [6, 6.07) is 7.88. The van der Waals surface area contributed by atoms with Gasteiger partial charge in [-0.05, 0) is 44.0 Å². The van der Waals surface area contributed by atoms with Gasteiger partial charge in [-0.15, -0.1) is 0 Å². The molecule has 1 aliphatic heterocycles. The Labute approximate surface area is 218 Å². The minimum atomic E-state index is -0.524. The Bertz CT molecular complexity index is 1290. The average molecular weight is 524 g/mol. The lowest BCUT2D eigenvalue weighted by Crippen LogP contribution is -2.42. The number of halogens is 1. The van der Waals surface area contributed by atoms with E-state index in [1.165, 1.54) is 18.6 Å². The number of aryl methyl sites for hydroxylation is 1. The third-order valence-corrected chi connectivity index (χ3v) is 6.05. The molecule has 4 rings (SSSR count). The molecule has 192 valence electrons. The number of amides is 2. The summed E-state index contributed by atoms with van der Waals surface area (Å²) in [6.07, 6.45) is 5.62. The highest BCUT2D eigenvalue weighted by Crippen LogP contribution is 2.21. The smallest absolute Gasteiger partial charge is 0.275 e. The maximum Gasteiger partial charge on any atom is 0.275 e. The maximum atomic E-state index is 12.9. The van der Waals surface area contributed by atoms with E-state index in [1.807, 2.05) is 11.8 Å². The number of hydrogen-bond donors (Lipinski definition) is 4. The fraction of sp³-hybridized carbons (Fsp3) is 0.280. The van der Waals surface area contributed by atoms with Crippen molar-refractivity contribution in [1.82, 2.24) is 20.3 Å². The number of aliphatic hydroxyl groups excluding tert-OH is 1. The molecule has 1 aromatic carbocycles. The van der Waals surface area contributed by atoms with E-state index < -0.39 is 24.5 Å². The van der Waals surface area contributed by atoms with Gasteiger partial charge in [-0.25, -0.2) is 15.0 Å². The molecule has 12 heteroatoms. The molecular formula is C25H26ClN7O4. The number of anilines is 3. The van der Waals surface area contributed by atoms with Gasteiger partial charge in [-0.2, -0.15) is 0 Å². The highest BCUT2D eigenvalue weighted by atomic mass is 35.5. The lowest BCUT2D eigenvalue weighted by molar-refractivity contribution is -0.123. The van der Waals surface area contributed by atoms with Gasteiger partial charge in [0.1, 0.15) is 23.9 Å². The molecular weight excluding hydrogens is 498 g/mol. The molecule has 0 saturated carbocycles. The number of aromatic nitrogens is 3. The van der Waals surface area contributed by atoms with Gasteiger partial charge in [0.15, 0.2) is 5.78 Å². The fourth-order valence-corrected chi connectivity index (χ4v) is 3.96. The van der Waals surface area contributed by atoms with Crippen LogP contribution in [-0.2, 0) is 4.79 Å². The van der Waals surface area contributed by atoms with E-state index in [-0.39, 0.29) is 17.0 Å². The number of rotatable bonds is 7. The van der Waals surface area contributed by atoms with Crippen LogP contribution in [0.4, 0.5) is 17.3 Å². The molecule has 4 N–H and O–H groups in total. The second-order valence-electron chi connectivity index (χ2n) is 8.52. The number of nitrogens with zero attached hydrogens (tertiary/aromatic N) is 4. The van der Waals surface area contributed by atoms with Crippen LogP contribution in [0.25, 0.3) is 0 Å². The first kappa shape index (κ1) is 26.1. The van der Waals surface area contributed by atoms with Crippen molar-refractivity contribution in [3.05, 3.63) is 70.8 Å².